The Morgan fingerprint density at radius 2 is 1.94 bits per heavy atom. The van der Waals surface area contributed by atoms with Crippen molar-refractivity contribution < 1.29 is 19.3 Å². The van der Waals surface area contributed by atoms with E-state index in [4.69, 9.17) is 9.72 Å². The summed E-state index contributed by atoms with van der Waals surface area (Å²) in [5.74, 6) is -0.102. The minimum Gasteiger partial charge on any atom is -0.389 e. The molecule has 1 aromatic carbocycles. The summed E-state index contributed by atoms with van der Waals surface area (Å²) >= 11 is 0. The van der Waals surface area contributed by atoms with Crippen molar-refractivity contribution in [2.24, 2.45) is 0 Å². The Labute approximate surface area is 204 Å². The normalized spacial score (nSPS) is 22.1. The molecule has 0 amide bonds. The molecule has 2 aromatic heterocycles. The van der Waals surface area contributed by atoms with Gasteiger partial charge in [0.25, 0.3) is 0 Å². The number of nitrogens with zero attached hydrogens (tertiary/aromatic N) is 3. The Hall–Kier alpha value is -2.68. The van der Waals surface area contributed by atoms with Gasteiger partial charge in [-0.3, -0.25) is 4.98 Å². The molecule has 3 N–H and O–H groups in total. The maximum absolute atomic E-state index is 15.1. The molecule has 7 nitrogen and oxygen atoms in total. The third-order valence-corrected chi connectivity index (χ3v) is 7.48. The molecule has 2 fully saturated rings. The second-order valence-electron chi connectivity index (χ2n) is 10.2. The first-order chi connectivity index (χ1) is 16.8. The largest absolute Gasteiger partial charge is 0.389 e. The fourth-order valence-corrected chi connectivity index (χ4v) is 5.62. The van der Waals surface area contributed by atoms with Crippen molar-refractivity contribution >= 4 is 16.9 Å². The number of aliphatic hydroxyl groups is 2. The van der Waals surface area contributed by atoms with Gasteiger partial charge in [0.2, 0.25) is 5.95 Å². The molecule has 0 unspecified atom stereocenters. The molecule has 35 heavy (non-hydrogen) atoms. The lowest BCUT2D eigenvalue weighted by Gasteiger charge is -2.29. The number of aryl methyl sites for hydroxylation is 1. The highest BCUT2D eigenvalue weighted by molar-refractivity contribution is 5.92. The topological polar surface area (TPSA) is 100 Å². The molecular weight excluding hydrogens is 447 g/mol. The van der Waals surface area contributed by atoms with Crippen LogP contribution in [0.25, 0.3) is 22.2 Å². The lowest BCUT2D eigenvalue weighted by Crippen LogP contribution is -2.42. The molecule has 0 spiro atoms. The maximum atomic E-state index is 15.1. The van der Waals surface area contributed by atoms with Crippen LogP contribution in [0.15, 0.2) is 24.5 Å². The zero-order valence-corrected chi connectivity index (χ0v) is 20.5. The molecule has 8 heteroatoms. The van der Waals surface area contributed by atoms with Crippen LogP contribution in [0.4, 0.5) is 10.3 Å². The fraction of sp³-hybridized carbons (Fsp3) is 0.519. The van der Waals surface area contributed by atoms with E-state index >= 15 is 4.39 Å². The first kappa shape index (κ1) is 24.0. The number of pyridine rings is 1. The Morgan fingerprint density at radius 3 is 2.66 bits per heavy atom. The van der Waals surface area contributed by atoms with E-state index < -0.39 is 17.5 Å². The van der Waals surface area contributed by atoms with E-state index in [1.54, 1.807) is 0 Å². The maximum Gasteiger partial charge on any atom is 0.223 e. The van der Waals surface area contributed by atoms with Crippen LogP contribution in [0.1, 0.15) is 68.6 Å². The SMILES string of the molecule is Cc1c(-c2nc(N[C@@H]3CCOC[C@H]3O)ncc2F)ccc2ncc(C3(O)CCCC3)c(C(C)C)c12. The Morgan fingerprint density at radius 1 is 1.17 bits per heavy atom. The number of benzene rings is 1. The summed E-state index contributed by atoms with van der Waals surface area (Å²) in [7, 11) is 0. The lowest BCUT2D eigenvalue weighted by atomic mass is 9.82. The summed E-state index contributed by atoms with van der Waals surface area (Å²) in [6, 6.07) is 3.48. The van der Waals surface area contributed by atoms with Crippen LogP contribution in [0.2, 0.25) is 0 Å². The van der Waals surface area contributed by atoms with Crippen LogP contribution >= 0.6 is 0 Å². The zero-order chi connectivity index (χ0) is 24.7. The van der Waals surface area contributed by atoms with Crippen LogP contribution in [-0.2, 0) is 10.3 Å². The van der Waals surface area contributed by atoms with Crippen LogP contribution < -0.4 is 5.32 Å². The van der Waals surface area contributed by atoms with Gasteiger partial charge in [-0.05, 0) is 49.3 Å². The molecule has 1 saturated heterocycles. The number of fused-ring (bicyclic) bond motifs is 1. The molecule has 3 aromatic rings. The number of aliphatic hydroxyl groups excluding tert-OH is 1. The molecule has 2 aliphatic rings. The van der Waals surface area contributed by atoms with E-state index in [1.165, 1.54) is 6.20 Å². The van der Waals surface area contributed by atoms with Gasteiger partial charge in [-0.25, -0.2) is 14.4 Å². The molecule has 0 radical (unpaired) electrons. The summed E-state index contributed by atoms with van der Waals surface area (Å²) in [6.45, 7) is 6.98. The van der Waals surface area contributed by atoms with Crippen LogP contribution in [0, 0.1) is 12.7 Å². The fourth-order valence-electron chi connectivity index (χ4n) is 5.62. The molecule has 3 heterocycles. The quantitative estimate of drug-likeness (QED) is 0.491. The van der Waals surface area contributed by atoms with Crippen LogP contribution in [0.5, 0.6) is 0 Å². The van der Waals surface area contributed by atoms with Crippen molar-refractivity contribution in [2.45, 2.75) is 76.5 Å². The Bertz CT molecular complexity index is 1240. The van der Waals surface area contributed by atoms with Gasteiger partial charge in [0.1, 0.15) is 5.69 Å². The average molecular weight is 481 g/mol. The number of aromatic nitrogens is 3. The second-order valence-corrected chi connectivity index (χ2v) is 10.2. The van der Waals surface area contributed by atoms with Crippen LogP contribution in [-0.4, -0.2) is 50.5 Å². The number of halogens is 1. The molecule has 1 aliphatic heterocycles. The van der Waals surface area contributed by atoms with E-state index in [2.05, 4.69) is 29.1 Å². The van der Waals surface area contributed by atoms with Gasteiger partial charge in [0, 0.05) is 29.3 Å². The number of hydrogen-bond donors (Lipinski definition) is 3. The molecule has 5 rings (SSSR count). The van der Waals surface area contributed by atoms with Crippen LogP contribution in [0.3, 0.4) is 0 Å². The molecular formula is C27H33FN4O3. The first-order valence-corrected chi connectivity index (χ1v) is 12.5. The highest BCUT2D eigenvalue weighted by atomic mass is 19.1. The van der Waals surface area contributed by atoms with E-state index in [-0.39, 0.29) is 30.2 Å². The molecule has 186 valence electrons. The molecule has 2 atom stereocenters. The third-order valence-electron chi connectivity index (χ3n) is 7.48. The van der Waals surface area contributed by atoms with Gasteiger partial charge in [-0.1, -0.05) is 32.8 Å². The van der Waals surface area contributed by atoms with Gasteiger partial charge in [0.15, 0.2) is 5.82 Å². The van der Waals surface area contributed by atoms with E-state index in [9.17, 15) is 10.2 Å². The number of ether oxygens (including phenoxy) is 1. The lowest BCUT2D eigenvalue weighted by molar-refractivity contribution is -0.0136. The van der Waals surface area contributed by atoms with Crippen molar-refractivity contribution in [1.29, 1.82) is 0 Å². The predicted octanol–water partition coefficient (Wildman–Crippen LogP) is 4.59. The number of rotatable bonds is 5. The van der Waals surface area contributed by atoms with Gasteiger partial charge < -0.3 is 20.3 Å². The molecule has 1 saturated carbocycles. The Kier molecular flexibility index (Phi) is 6.46. The minimum absolute atomic E-state index is 0.150. The monoisotopic (exact) mass is 480 g/mol. The first-order valence-electron chi connectivity index (χ1n) is 12.5. The summed E-state index contributed by atoms with van der Waals surface area (Å²) in [6.07, 6.45) is 6.37. The number of anilines is 1. The summed E-state index contributed by atoms with van der Waals surface area (Å²) in [5, 5.41) is 25.7. The van der Waals surface area contributed by atoms with Crippen molar-refractivity contribution in [3.8, 4) is 11.3 Å². The van der Waals surface area contributed by atoms with Gasteiger partial charge in [-0.15, -0.1) is 0 Å². The van der Waals surface area contributed by atoms with E-state index in [1.807, 2.05) is 25.3 Å². The number of hydrogen-bond acceptors (Lipinski definition) is 7. The van der Waals surface area contributed by atoms with Crippen molar-refractivity contribution in [1.82, 2.24) is 15.0 Å². The third kappa shape index (κ3) is 4.39. The standard InChI is InChI=1S/C27H33FN4O3/c1-15(2)23-18(27(34)9-4-5-10-27)12-29-21-7-6-17(16(3)24(21)23)25-19(28)13-30-26(32-25)31-20-8-11-35-14-22(20)33/h6-7,12-13,15,20,22,33-34H,4-5,8-11,14H2,1-3H3,(H,30,31,32)/t20-,22-/m1/s1. The number of nitrogens with one attached hydrogen (secondary N) is 1. The predicted molar refractivity (Wildman–Crippen MR) is 133 cm³/mol. The summed E-state index contributed by atoms with van der Waals surface area (Å²) < 4.78 is 20.3. The van der Waals surface area contributed by atoms with Crippen molar-refractivity contribution in [3.05, 3.63) is 47.0 Å². The van der Waals surface area contributed by atoms with Gasteiger partial charge in [0.05, 0.1) is 36.1 Å². The average Bonchev–Trinajstić information content (AvgIpc) is 3.29. The second kappa shape index (κ2) is 9.41. The highest BCUT2D eigenvalue weighted by Gasteiger charge is 2.36. The smallest absolute Gasteiger partial charge is 0.223 e. The minimum atomic E-state index is -0.870. The van der Waals surface area contributed by atoms with E-state index in [0.717, 1.165) is 53.3 Å². The highest BCUT2D eigenvalue weighted by Crippen LogP contribution is 2.44. The summed E-state index contributed by atoms with van der Waals surface area (Å²) in [4.78, 5) is 13.3. The zero-order valence-electron chi connectivity index (χ0n) is 20.5. The Balaban J connectivity index is 1.62. The van der Waals surface area contributed by atoms with Crippen molar-refractivity contribution in [3.63, 3.8) is 0 Å². The van der Waals surface area contributed by atoms with Gasteiger partial charge >= 0.3 is 0 Å². The molecule has 0 bridgehead atoms. The van der Waals surface area contributed by atoms with Crippen molar-refractivity contribution in [2.75, 3.05) is 18.5 Å². The molecule has 1 aliphatic carbocycles. The van der Waals surface area contributed by atoms with E-state index in [0.29, 0.717) is 18.6 Å². The summed E-state index contributed by atoms with van der Waals surface area (Å²) in [5.41, 5.74) is 3.63. The van der Waals surface area contributed by atoms with Gasteiger partial charge in [-0.2, -0.15) is 0 Å².